The second-order valence-electron chi connectivity index (χ2n) is 7.40. The second-order valence-corrected chi connectivity index (χ2v) is 7.40. The standard InChI is InChI=1S/C23H20F3N5O6/c1-10-12-9-14(34-3)17(35-4)18(36-5)16(12)29-21(27-10)31-22-28-15-11(7-6-8-13(15)33-2)19(30-22)37-20(32)23(24,25)26/h6-9H,1-5H3,(H,27,28,29,30,31). The van der Waals surface area contributed by atoms with Crippen molar-refractivity contribution in [1.29, 1.82) is 0 Å². The molecule has 4 rings (SSSR count). The minimum absolute atomic E-state index is 0.0159. The van der Waals surface area contributed by atoms with Gasteiger partial charge >= 0.3 is 12.1 Å². The van der Waals surface area contributed by atoms with Crippen LogP contribution in [-0.4, -0.2) is 60.5 Å². The first-order valence-corrected chi connectivity index (χ1v) is 10.5. The largest absolute Gasteiger partial charge is 0.494 e. The molecule has 194 valence electrons. The van der Waals surface area contributed by atoms with Gasteiger partial charge in [-0.25, -0.2) is 19.7 Å². The molecule has 0 amide bonds. The van der Waals surface area contributed by atoms with Crippen molar-refractivity contribution < 1.29 is 41.7 Å². The van der Waals surface area contributed by atoms with Gasteiger partial charge < -0.3 is 23.7 Å². The fourth-order valence-corrected chi connectivity index (χ4v) is 3.58. The number of methoxy groups -OCH3 is 4. The summed E-state index contributed by atoms with van der Waals surface area (Å²) in [6, 6.07) is 6.10. The summed E-state index contributed by atoms with van der Waals surface area (Å²) in [7, 11) is 5.71. The molecular formula is C23H20F3N5O6. The Labute approximate surface area is 207 Å². The molecule has 0 bridgehead atoms. The van der Waals surface area contributed by atoms with Crippen LogP contribution in [0.3, 0.4) is 0 Å². The molecule has 0 saturated heterocycles. The third kappa shape index (κ3) is 4.77. The summed E-state index contributed by atoms with van der Waals surface area (Å²) in [5.74, 6) is -2.15. The van der Waals surface area contributed by atoms with Gasteiger partial charge in [0.2, 0.25) is 23.5 Å². The molecule has 37 heavy (non-hydrogen) atoms. The van der Waals surface area contributed by atoms with E-state index in [1.807, 2.05) is 0 Å². The molecule has 0 aliphatic rings. The van der Waals surface area contributed by atoms with Crippen LogP contribution in [0.5, 0.6) is 28.9 Å². The molecule has 0 atom stereocenters. The molecule has 0 saturated carbocycles. The second kappa shape index (κ2) is 9.79. The van der Waals surface area contributed by atoms with E-state index in [-0.39, 0.29) is 34.3 Å². The molecule has 2 heterocycles. The minimum Gasteiger partial charge on any atom is -0.494 e. The number of aryl methyl sites for hydroxylation is 1. The van der Waals surface area contributed by atoms with Crippen LogP contribution in [0.15, 0.2) is 24.3 Å². The Morgan fingerprint density at radius 2 is 1.46 bits per heavy atom. The average molecular weight is 519 g/mol. The van der Waals surface area contributed by atoms with Crippen LogP contribution in [-0.2, 0) is 4.79 Å². The van der Waals surface area contributed by atoms with Gasteiger partial charge in [0.1, 0.15) is 16.8 Å². The van der Waals surface area contributed by atoms with E-state index in [0.29, 0.717) is 28.1 Å². The number of hydrogen-bond acceptors (Lipinski definition) is 11. The lowest BCUT2D eigenvalue weighted by atomic mass is 10.1. The Balaban J connectivity index is 1.87. The Hall–Kier alpha value is -4.62. The lowest BCUT2D eigenvalue weighted by Gasteiger charge is -2.16. The normalized spacial score (nSPS) is 11.4. The summed E-state index contributed by atoms with van der Waals surface area (Å²) < 4.78 is 64.8. The van der Waals surface area contributed by atoms with E-state index in [4.69, 9.17) is 18.9 Å². The van der Waals surface area contributed by atoms with Crippen LogP contribution in [0.4, 0.5) is 25.1 Å². The first-order chi connectivity index (χ1) is 17.6. The molecule has 11 nitrogen and oxygen atoms in total. The van der Waals surface area contributed by atoms with Gasteiger partial charge in [0.05, 0.1) is 39.5 Å². The number of nitrogens with one attached hydrogen (secondary N) is 1. The van der Waals surface area contributed by atoms with Gasteiger partial charge in [-0.2, -0.15) is 18.2 Å². The van der Waals surface area contributed by atoms with Crippen molar-refractivity contribution in [2.24, 2.45) is 0 Å². The van der Waals surface area contributed by atoms with Crippen LogP contribution in [0.2, 0.25) is 0 Å². The van der Waals surface area contributed by atoms with Crippen LogP contribution in [0, 0.1) is 6.92 Å². The molecule has 4 aromatic rings. The highest BCUT2D eigenvalue weighted by Gasteiger charge is 2.42. The lowest BCUT2D eigenvalue weighted by Crippen LogP contribution is -2.28. The van der Waals surface area contributed by atoms with Crippen molar-refractivity contribution >= 4 is 39.7 Å². The molecule has 0 unspecified atom stereocenters. The fraction of sp³-hybridized carbons (Fsp3) is 0.261. The molecule has 0 radical (unpaired) electrons. The maximum Gasteiger partial charge on any atom is 0.491 e. The Morgan fingerprint density at radius 1 is 0.811 bits per heavy atom. The van der Waals surface area contributed by atoms with Crippen molar-refractivity contribution in [1.82, 2.24) is 19.9 Å². The molecule has 0 aliphatic carbocycles. The number of esters is 1. The minimum atomic E-state index is -5.24. The summed E-state index contributed by atoms with van der Waals surface area (Å²) >= 11 is 0. The van der Waals surface area contributed by atoms with Gasteiger partial charge in [0.15, 0.2) is 11.5 Å². The predicted octanol–water partition coefficient (Wildman–Crippen LogP) is 4.13. The van der Waals surface area contributed by atoms with Crippen LogP contribution in [0.25, 0.3) is 21.8 Å². The number of nitrogens with zero attached hydrogens (tertiary/aromatic N) is 4. The number of rotatable bonds is 7. The molecule has 0 spiro atoms. The van der Waals surface area contributed by atoms with Gasteiger partial charge in [0, 0.05) is 5.39 Å². The highest BCUT2D eigenvalue weighted by Crippen LogP contribution is 2.43. The number of aromatic nitrogens is 4. The summed E-state index contributed by atoms with van der Waals surface area (Å²) in [5, 5.41) is 3.37. The number of hydrogen-bond donors (Lipinski definition) is 1. The first kappa shape index (κ1) is 25.5. The monoisotopic (exact) mass is 519 g/mol. The van der Waals surface area contributed by atoms with Gasteiger partial charge in [-0.15, -0.1) is 0 Å². The number of halogens is 3. The molecule has 1 N–H and O–H groups in total. The van der Waals surface area contributed by atoms with E-state index in [2.05, 4.69) is 30.0 Å². The SMILES string of the molecule is COc1cc2c(C)nc(Nc3nc(OC(=O)C(F)(F)F)c4cccc(OC)c4n3)nc2c(OC)c1OC. The predicted molar refractivity (Wildman–Crippen MR) is 125 cm³/mol. The maximum absolute atomic E-state index is 12.9. The molecule has 0 aliphatic heterocycles. The highest BCUT2D eigenvalue weighted by atomic mass is 19.4. The summed E-state index contributed by atoms with van der Waals surface area (Å²) in [5.41, 5.74) is 0.958. The Kier molecular flexibility index (Phi) is 6.74. The van der Waals surface area contributed by atoms with E-state index in [1.165, 1.54) is 46.6 Å². The van der Waals surface area contributed by atoms with E-state index < -0.39 is 18.0 Å². The first-order valence-electron chi connectivity index (χ1n) is 10.5. The van der Waals surface area contributed by atoms with Crippen LogP contribution < -0.4 is 29.0 Å². The van der Waals surface area contributed by atoms with Crippen molar-refractivity contribution in [3.8, 4) is 28.9 Å². The van der Waals surface area contributed by atoms with Gasteiger partial charge in [0.25, 0.3) is 0 Å². The van der Waals surface area contributed by atoms with Crippen molar-refractivity contribution in [2.75, 3.05) is 33.8 Å². The van der Waals surface area contributed by atoms with Gasteiger partial charge in [-0.3, -0.25) is 5.32 Å². The number of benzene rings is 2. The third-order valence-electron chi connectivity index (χ3n) is 5.20. The number of para-hydroxylation sites is 1. The van der Waals surface area contributed by atoms with Gasteiger partial charge in [-0.05, 0) is 25.1 Å². The third-order valence-corrected chi connectivity index (χ3v) is 5.20. The smallest absolute Gasteiger partial charge is 0.491 e. The quantitative estimate of drug-likeness (QED) is 0.354. The molecular weight excluding hydrogens is 499 g/mol. The van der Waals surface area contributed by atoms with Crippen LogP contribution >= 0.6 is 0 Å². The molecule has 2 aromatic heterocycles. The topological polar surface area (TPSA) is 127 Å². The summed E-state index contributed by atoms with van der Waals surface area (Å²) in [6.07, 6.45) is -5.24. The lowest BCUT2D eigenvalue weighted by molar-refractivity contribution is -0.189. The van der Waals surface area contributed by atoms with Crippen molar-refractivity contribution in [2.45, 2.75) is 13.1 Å². The van der Waals surface area contributed by atoms with E-state index in [9.17, 15) is 18.0 Å². The molecule has 14 heteroatoms. The van der Waals surface area contributed by atoms with Crippen molar-refractivity contribution in [3.63, 3.8) is 0 Å². The fourth-order valence-electron chi connectivity index (χ4n) is 3.58. The maximum atomic E-state index is 12.9. The number of carbonyl (C=O) groups excluding carboxylic acids is 1. The van der Waals surface area contributed by atoms with E-state index >= 15 is 0 Å². The van der Waals surface area contributed by atoms with Crippen LogP contribution in [0.1, 0.15) is 5.69 Å². The Morgan fingerprint density at radius 3 is 2.08 bits per heavy atom. The zero-order chi connectivity index (χ0) is 26.9. The zero-order valence-corrected chi connectivity index (χ0v) is 20.2. The summed E-state index contributed by atoms with van der Waals surface area (Å²) in [6.45, 7) is 1.71. The number of alkyl halides is 3. The van der Waals surface area contributed by atoms with E-state index in [0.717, 1.165) is 0 Å². The van der Waals surface area contributed by atoms with E-state index in [1.54, 1.807) is 13.0 Å². The number of anilines is 2. The zero-order valence-electron chi connectivity index (χ0n) is 20.2. The van der Waals surface area contributed by atoms with Crippen molar-refractivity contribution in [3.05, 3.63) is 30.0 Å². The molecule has 0 fully saturated rings. The highest BCUT2D eigenvalue weighted by molar-refractivity contribution is 5.93. The van der Waals surface area contributed by atoms with Gasteiger partial charge in [-0.1, -0.05) is 6.07 Å². The number of ether oxygens (including phenoxy) is 5. The summed E-state index contributed by atoms with van der Waals surface area (Å²) in [4.78, 5) is 28.7. The Bertz CT molecular complexity index is 1510. The number of fused-ring (bicyclic) bond motifs is 2. The number of carbonyl (C=O) groups is 1. The molecule has 2 aromatic carbocycles. The average Bonchev–Trinajstić information content (AvgIpc) is 2.86.